The Morgan fingerprint density at radius 1 is 0.246 bits per heavy atom. The summed E-state index contributed by atoms with van der Waals surface area (Å²) >= 11 is 0. The minimum atomic E-state index is 1.09. The van der Waals surface area contributed by atoms with Gasteiger partial charge in [0.05, 0.1) is 22.1 Å². The molecule has 0 aliphatic carbocycles. The van der Waals surface area contributed by atoms with Crippen LogP contribution in [-0.2, 0) is 0 Å². The molecule has 0 saturated carbocycles. The van der Waals surface area contributed by atoms with E-state index in [9.17, 15) is 0 Å². The first-order valence-corrected chi connectivity index (χ1v) is 23.7. The molecule has 13 rings (SSSR count). The second kappa shape index (κ2) is 16.9. The third kappa shape index (κ3) is 6.99. The van der Waals surface area contributed by atoms with Gasteiger partial charge in [0.1, 0.15) is 0 Å². The summed E-state index contributed by atoms with van der Waals surface area (Å²) in [4.78, 5) is 2.35. The van der Waals surface area contributed by atoms with Crippen molar-refractivity contribution in [2.75, 3.05) is 4.90 Å². The molecule has 0 saturated heterocycles. The second-order valence-electron chi connectivity index (χ2n) is 17.7. The van der Waals surface area contributed by atoms with Crippen LogP contribution in [0.2, 0.25) is 0 Å². The molecule has 0 spiro atoms. The Kier molecular flexibility index (Phi) is 9.84. The Balaban J connectivity index is 0.925. The average molecular weight is 880 g/mol. The minimum absolute atomic E-state index is 1.09. The Labute approximate surface area is 401 Å². The van der Waals surface area contributed by atoms with Crippen molar-refractivity contribution in [3.05, 3.63) is 273 Å². The van der Waals surface area contributed by atoms with Crippen LogP contribution in [-0.4, -0.2) is 9.13 Å². The summed E-state index contributed by atoms with van der Waals surface area (Å²) in [5.74, 6) is 0. The number of fused-ring (bicyclic) bond motifs is 7. The van der Waals surface area contributed by atoms with E-state index in [4.69, 9.17) is 0 Å². The first kappa shape index (κ1) is 40.1. The van der Waals surface area contributed by atoms with E-state index in [0.717, 1.165) is 34.0 Å². The maximum atomic E-state index is 2.48. The lowest BCUT2D eigenvalue weighted by atomic mass is 9.95. The Morgan fingerprint density at radius 2 is 0.580 bits per heavy atom. The van der Waals surface area contributed by atoms with Crippen LogP contribution in [0.1, 0.15) is 0 Å². The number of anilines is 3. The summed E-state index contributed by atoms with van der Waals surface area (Å²) in [7, 11) is 0. The number of benzene rings is 11. The van der Waals surface area contributed by atoms with Gasteiger partial charge in [-0.15, -0.1) is 0 Å². The van der Waals surface area contributed by atoms with Crippen LogP contribution in [0.3, 0.4) is 0 Å². The van der Waals surface area contributed by atoms with Crippen LogP contribution in [0, 0.1) is 0 Å². The van der Waals surface area contributed by atoms with E-state index in [1.165, 1.54) is 82.6 Å². The van der Waals surface area contributed by atoms with Gasteiger partial charge in [0, 0.05) is 50.0 Å². The fraction of sp³-hybridized carbons (Fsp3) is 0. The highest BCUT2D eigenvalue weighted by atomic mass is 15.1. The van der Waals surface area contributed by atoms with Gasteiger partial charge in [-0.25, -0.2) is 0 Å². The van der Waals surface area contributed by atoms with Crippen molar-refractivity contribution in [2.45, 2.75) is 0 Å². The largest absolute Gasteiger partial charge is 0.311 e. The lowest BCUT2D eigenvalue weighted by Crippen LogP contribution is -2.09. The number of hydrogen-bond donors (Lipinski definition) is 0. The molecule has 13 aromatic rings. The van der Waals surface area contributed by atoms with Gasteiger partial charge in [-0.3, -0.25) is 0 Å². The fourth-order valence-corrected chi connectivity index (χ4v) is 10.5. The van der Waals surface area contributed by atoms with Crippen molar-refractivity contribution < 1.29 is 0 Å². The fourth-order valence-electron chi connectivity index (χ4n) is 10.5. The summed E-state index contributed by atoms with van der Waals surface area (Å²) in [6, 6.07) is 98.9. The maximum Gasteiger partial charge on any atom is 0.0795 e. The second-order valence-corrected chi connectivity index (χ2v) is 17.7. The standard InChI is InChI=1S/C66H45N3/c1-5-17-46(18-6-1)49-33-39-55(40-34-49)67(56-41-35-50(36-42-56)47-19-7-2-8-20-47)57-43-37-51(38-44-57)48-29-31-52(32-30-48)60-45-61-58-25-13-15-27-62(58)68(53-21-9-3-10-22-53)65(61)66-64(60)59-26-14-16-28-63(59)69(66)54-23-11-4-12-24-54/h1-45H. The highest BCUT2D eigenvalue weighted by Crippen LogP contribution is 2.47. The lowest BCUT2D eigenvalue weighted by molar-refractivity contribution is 1.15. The van der Waals surface area contributed by atoms with Gasteiger partial charge in [-0.2, -0.15) is 0 Å². The first-order chi connectivity index (χ1) is 34.2. The van der Waals surface area contributed by atoms with E-state index >= 15 is 0 Å². The molecule has 2 aromatic heterocycles. The zero-order chi connectivity index (χ0) is 45.7. The Hall–Kier alpha value is -9.18. The topological polar surface area (TPSA) is 13.1 Å². The molecule has 3 nitrogen and oxygen atoms in total. The molecular formula is C66H45N3. The van der Waals surface area contributed by atoms with Crippen molar-refractivity contribution in [1.29, 1.82) is 0 Å². The minimum Gasteiger partial charge on any atom is -0.311 e. The lowest BCUT2D eigenvalue weighted by Gasteiger charge is -2.26. The molecular weight excluding hydrogens is 835 g/mol. The monoisotopic (exact) mass is 879 g/mol. The van der Waals surface area contributed by atoms with E-state index in [-0.39, 0.29) is 0 Å². The summed E-state index contributed by atoms with van der Waals surface area (Å²) in [5.41, 5.74) is 19.9. The highest BCUT2D eigenvalue weighted by Gasteiger charge is 2.24. The number of rotatable bonds is 9. The van der Waals surface area contributed by atoms with E-state index in [2.05, 4.69) is 287 Å². The summed E-state index contributed by atoms with van der Waals surface area (Å²) in [5, 5.41) is 4.93. The highest BCUT2D eigenvalue weighted by molar-refractivity contribution is 6.28. The average Bonchev–Trinajstić information content (AvgIpc) is 3.96. The molecule has 0 radical (unpaired) electrons. The summed E-state index contributed by atoms with van der Waals surface area (Å²) in [6.45, 7) is 0. The molecule has 0 atom stereocenters. The zero-order valence-corrected chi connectivity index (χ0v) is 37.8. The molecule has 0 bridgehead atoms. The van der Waals surface area contributed by atoms with E-state index < -0.39 is 0 Å². The maximum absolute atomic E-state index is 2.48. The first-order valence-electron chi connectivity index (χ1n) is 23.7. The van der Waals surface area contributed by atoms with Crippen LogP contribution in [0.5, 0.6) is 0 Å². The molecule has 3 heteroatoms. The smallest absolute Gasteiger partial charge is 0.0795 e. The van der Waals surface area contributed by atoms with Crippen molar-refractivity contribution in [2.24, 2.45) is 0 Å². The number of para-hydroxylation sites is 4. The van der Waals surface area contributed by atoms with Gasteiger partial charge in [0.25, 0.3) is 0 Å². The quantitative estimate of drug-likeness (QED) is 0.141. The third-order valence-electron chi connectivity index (χ3n) is 13.7. The zero-order valence-electron chi connectivity index (χ0n) is 37.8. The van der Waals surface area contributed by atoms with Gasteiger partial charge in [-0.05, 0) is 123 Å². The summed E-state index contributed by atoms with van der Waals surface area (Å²) < 4.78 is 4.94. The Morgan fingerprint density at radius 3 is 1.04 bits per heavy atom. The third-order valence-corrected chi connectivity index (χ3v) is 13.7. The van der Waals surface area contributed by atoms with Gasteiger partial charge in [-0.1, -0.05) is 194 Å². The van der Waals surface area contributed by atoms with Crippen molar-refractivity contribution in [3.8, 4) is 55.9 Å². The van der Waals surface area contributed by atoms with Gasteiger partial charge < -0.3 is 14.0 Å². The molecule has 0 amide bonds. The van der Waals surface area contributed by atoms with E-state index in [1.54, 1.807) is 0 Å². The van der Waals surface area contributed by atoms with Crippen LogP contribution < -0.4 is 4.90 Å². The number of nitrogens with zero attached hydrogens (tertiary/aromatic N) is 3. The van der Waals surface area contributed by atoms with Crippen molar-refractivity contribution >= 4 is 60.7 Å². The van der Waals surface area contributed by atoms with Crippen molar-refractivity contribution in [3.63, 3.8) is 0 Å². The molecule has 69 heavy (non-hydrogen) atoms. The molecule has 11 aromatic carbocycles. The molecule has 324 valence electrons. The molecule has 0 aliphatic heterocycles. The molecule has 0 N–H and O–H groups in total. The SMILES string of the molecule is c1ccc(-c2ccc(N(c3ccc(-c4ccccc4)cc3)c3ccc(-c4ccc(-c5cc6c7ccccc7n(-c7ccccc7)c6c6c5c5ccccc5n6-c5ccccc5)cc4)cc3)cc2)cc1. The van der Waals surface area contributed by atoms with Gasteiger partial charge in [0.15, 0.2) is 0 Å². The predicted molar refractivity (Wildman–Crippen MR) is 292 cm³/mol. The van der Waals surface area contributed by atoms with Crippen LogP contribution >= 0.6 is 0 Å². The molecule has 0 aliphatic rings. The van der Waals surface area contributed by atoms with E-state index in [0.29, 0.717) is 0 Å². The van der Waals surface area contributed by atoms with Crippen LogP contribution in [0.25, 0.3) is 99.5 Å². The van der Waals surface area contributed by atoms with Crippen LogP contribution in [0.4, 0.5) is 17.1 Å². The molecule has 2 heterocycles. The number of hydrogen-bond acceptors (Lipinski definition) is 1. The predicted octanol–water partition coefficient (Wildman–Crippen LogP) is 18.0. The normalized spacial score (nSPS) is 11.5. The number of aromatic nitrogens is 2. The van der Waals surface area contributed by atoms with E-state index in [1.807, 2.05) is 0 Å². The summed E-state index contributed by atoms with van der Waals surface area (Å²) in [6.07, 6.45) is 0. The van der Waals surface area contributed by atoms with Crippen molar-refractivity contribution in [1.82, 2.24) is 9.13 Å². The van der Waals surface area contributed by atoms with Crippen LogP contribution in [0.15, 0.2) is 273 Å². The molecule has 0 unspecified atom stereocenters. The van der Waals surface area contributed by atoms with Gasteiger partial charge in [0.2, 0.25) is 0 Å². The van der Waals surface area contributed by atoms with Gasteiger partial charge >= 0.3 is 0 Å². The molecule has 0 fully saturated rings. The Bertz CT molecular complexity index is 3850.